The van der Waals surface area contributed by atoms with E-state index in [4.69, 9.17) is 9.47 Å². The van der Waals surface area contributed by atoms with Crippen molar-refractivity contribution in [3.63, 3.8) is 0 Å². The summed E-state index contributed by atoms with van der Waals surface area (Å²) in [4.78, 5) is 4.41. The van der Waals surface area contributed by atoms with Gasteiger partial charge in [-0.15, -0.1) is 0 Å². The topological polar surface area (TPSA) is 89.6 Å². The number of hydrogen-bond donors (Lipinski definition) is 2. The van der Waals surface area contributed by atoms with Gasteiger partial charge in [0.1, 0.15) is 12.3 Å². The van der Waals surface area contributed by atoms with Gasteiger partial charge in [0.2, 0.25) is 11.8 Å². The SMILES string of the molecule is CCCNCCOc1ccc(NS(=O)(=O)c2ccc(C(C)C)cc2)c(OC)n1. The molecule has 0 aliphatic heterocycles. The molecular weight excluding hydrogens is 378 g/mol. The second kappa shape index (κ2) is 10.3. The summed E-state index contributed by atoms with van der Waals surface area (Å²) in [6, 6.07) is 10.0. The number of methoxy groups -OCH3 is 1. The third-order valence-corrected chi connectivity index (χ3v) is 5.47. The van der Waals surface area contributed by atoms with Crippen LogP contribution in [0, 0.1) is 0 Å². The molecule has 0 aliphatic carbocycles. The van der Waals surface area contributed by atoms with Gasteiger partial charge in [-0.05, 0) is 42.6 Å². The molecule has 1 aromatic carbocycles. The molecule has 0 unspecified atom stereocenters. The normalized spacial score (nSPS) is 11.5. The molecule has 2 aromatic rings. The van der Waals surface area contributed by atoms with Crippen molar-refractivity contribution in [1.29, 1.82) is 0 Å². The Bertz CT molecular complexity index is 852. The zero-order chi connectivity index (χ0) is 20.6. The van der Waals surface area contributed by atoms with E-state index in [2.05, 4.69) is 35.8 Å². The molecule has 0 bridgehead atoms. The minimum absolute atomic E-state index is 0.154. The summed E-state index contributed by atoms with van der Waals surface area (Å²) in [5.41, 5.74) is 1.33. The number of benzene rings is 1. The molecule has 7 nitrogen and oxygen atoms in total. The summed E-state index contributed by atoms with van der Waals surface area (Å²) < 4.78 is 38.7. The lowest BCUT2D eigenvalue weighted by atomic mass is 10.0. The molecule has 0 saturated carbocycles. The molecule has 0 spiro atoms. The number of anilines is 1. The Morgan fingerprint density at radius 1 is 1.07 bits per heavy atom. The molecule has 2 rings (SSSR count). The van der Waals surface area contributed by atoms with Crippen molar-refractivity contribution in [1.82, 2.24) is 10.3 Å². The van der Waals surface area contributed by atoms with Gasteiger partial charge in [0.25, 0.3) is 10.0 Å². The monoisotopic (exact) mass is 407 g/mol. The van der Waals surface area contributed by atoms with Crippen molar-refractivity contribution in [3.8, 4) is 11.8 Å². The molecule has 0 atom stereocenters. The third-order valence-electron chi connectivity index (χ3n) is 4.09. The predicted octanol–water partition coefficient (Wildman–Crippen LogP) is 3.39. The quantitative estimate of drug-likeness (QED) is 0.555. The fourth-order valence-corrected chi connectivity index (χ4v) is 3.56. The number of aromatic nitrogens is 1. The van der Waals surface area contributed by atoms with Crippen LogP contribution in [0.5, 0.6) is 11.8 Å². The standard InChI is InChI=1S/C20H29N3O4S/c1-5-12-21-13-14-27-19-11-10-18(20(22-19)26-4)23-28(24,25)17-8-6-16(7-9-17)15(2)3/h6-11,15,21,23H,5,12-14H2,1-4H3. The van der Waals surface area contributed by atoms with Crippen molar-refractivity contribution in [2.24, 2.45) is 0 Å². The van der Waals surface area contributed by atoms with Crippen LogP contribution in [0.25, 0.3) is 0 Å². The molecule has 8 heteroatoms. The first kappa shape index (κ1) is 22.0. The van der Waals surface area contributed by atoms with Crippen molar-refractivity contribution >= 4 is 15.7 Å². The van der Waals surface area contributed by atoms with Crippen LogP contribution >= 0.6 is 0 Å². The molecule has 0 aliphatic rings. The van der Waals surface area contributed by atoms with E-state index in [9.17, 15) is 8.42 Å². The van der Waals surface area contributed by atoms with Crippen LogP contribution in [-0.2, 0) is 10.0 Å². The van der Waals surface area contributed by atoms with E-state index in [1.807, 2.05) is 12.1 Å². The molecule has 0 amide bonds. The van der Waals surface area contributed by atoms with Gasteiger partial charge in [-0.2, -0.15) is 4.98 Å². The van der Waals surface area contributed by atoms with E-state index < -0.39 is 10.0 Å². The summed E-state index contributed by atoms with van der Waals surface area (Å²) in [5, 5.41) is 3.23. The summed E-state index contributed by atoms with van der Waals surface area (Å²) in [5.74, 6) is 0.861. The van der Waals surface area contributed by atoms with Gasteiger partial charge < -0.3 is 14.8 Å². The van der Waals surface area contributed by atoms with Crippen molar-refractivity contribution in [2.75, 3.05) is 31.5 Å². The summed E-state index contributed by atoms with van der Waals surface area (Å²) in [6.45, 7) is 8.31. The lowest BCUT2D eigenvalue weighted by Gasteiger charge is -2.13. The molecule has 0 radical (unpaired) electrons. The minimum Gasteiger partial charge on any atom is -0.479 e. The average Bonchev–Trinajstić information content (AvgIpc) is 2.68. The van der Waals surface area contributed by atoms with E-state index in [1.54, 1.807) is 24.3 Å². The Labute approximate surface area is 167 Å². The maximum absolute atomic E-state index is 12.7. The molecule has 154 valence electrons. The second-order valence-electron chi connectivity index (χ2n) is 6.63. The van der Waals surface area contributed by atoms with Gasteiger partial charge in [0.05, 0.1) is 12.0 Å². The molecular formula is C20H29N3O4S. The molecule has 2 N–H and O–H groups in total. The van der Waals surface area contributed by atoms with Crippen LogP contribution in [0.1, 0.15) is 38.7 Å². The lowest BCUT2D eigenvalue weighted by molar-refractivity contribution is 0.296. The fourth-order valence-electron chi connectivity index (χ4n) is 2.50. The number of hydrogen-bond acceptors (Lipinski definition) is 6. The molecule has 1 aromatic heterocycles. The second-order valence-corrected chi connectivity index (χ2v) is 8.32. The Morgan fingerprint density at radius 2 is 1.79 bits per heavy atom. The molecule has 0 fully saturated rings. The Morgan fingerprint density at radius 3 is 2.39 bits per heavy atom. The molecule has 1 heterocycles. The summed E-state index contributed by atoms with van der Waals surface area (Å²) >= 11 is 0. The first-order valence-corrected chi connectivity index (χ1v) is 10.9. The van der Waals surface area contributed by atoms with Gasteiger partial charge in [-0.25, -0.2) is 8.42 Å². The van der Waals surface area contributed by atoms with Gasteiger partial charge in [-0.3, -0.25) is 4.72 Å². The highest BCUT2D eigenvalue weighted by atomic mass is 32.2. The van der Waals surface area contributed by atoms with Crippen LogP contribution in [0.15, 0.2) is 41.3 Å². The fraction of sp³-hybridized carbons (Fsp3) is 0.450. The van der Waals surface area contributed by atoms with Crippen molar-refractivity contribution in [2.45, 2.75) is 38.0 Å². The van der Waals surface area contributed by atoms with Crippen LogP contribution < -0.4 is 19.5 Å². The lowest BCUT2D eigenvalue weighted by Crippen LogP contribution is -2.21. The predicted molar refractivity (Wildman–Crippen MR) is 111 cm³/mol. The van der Waals surface area contributed by atoms with E-state index >= 15 is 0 Å². The van der Waals surface area contributed by atoms with Crippen LogP contribution in [-0.4, -0.2) is 40.2 Å². The highest BCUT2D eigenvalue weighted by molar-refractivity contribution is 7.92. The summed E-state index contributed by atoms with van der Waals surface area (Å²) in [6.07, 6.45) is 1.06. The van der Waals surface area contributed by atoms with E-state index in [0.717, 1.165) is 18.5 Å². The van der Waals surface area contributed by atoms with Crippen LogP contribution in [0.3, 0.4) is 0 Å². The largest absolute Gasteiger partial charge is 0.479 e. The van der Waals surface area contributed by atoms with Gasteiger partial charge >= 0.3 is 0 Å². The highest BCUT2D eigenvalue weighted by Gasteiger charge is 2.18. The number of ether oxygens (including phenoxy) is 2. The van der Waals surface area contributed by atoms with Crippen LogP contribution in [0.4, 0.5) is 5.69 Å². The van der Waals surface area contributed by atoms with Gasteiger partial charge in [0, 0.05) is 12.6 Å². The highest BCUT2D eigenvalue weighted by Crippen LogP contribution is 2.28. The number of pyridine rings is 1. The zero-order valence-corrected chi connectivity index (χ0v) is 17.7. The summed E-state index contributed by atoms with van der Waals surface area (Å²) in [7, 11) is -2.31. The maximum atomic E-state index is 12.7. The van der Waals surface area contributed by atoms with E-state index in [0.29, 0.717) is 24.9 Å². The first-order valence-electron chi connectivity index (χ1n) is 9.38. The van der Waals surface area contributed by atoms with Gasteiger partial charge in [0.15, 0.2) is 0 Å². The Hall–Kier alpha value is -2.32. The third kappa shape index (κ3) is 6.10. The zero-order valence-electron chi connectivity index (χ0n) is 16.9. The molecule has 0 saturated heterocycles. The average molecular weight is 408 g/mol. The van der Waals surface area contributed by atoms with Gasteiger partial charge in [-0.1, -0.05) is 32.9 Å². The van der Waals surface area contributed by atoms with E-state index in [-0.39, 0.29) is 16.5 Å². The van der Waals surface area contributed by atoms with E-state index in [1.165, 1.54) is 7.11 Å². The Kier molecular flexibility index (Phi) is 8.07. The molecule has 28 heavy (non-hydrogen) atoms. The minimum atomic E-state index is -3.75. The smallest absolute Gasteiger partial charge is 0.262 e. The maximum Gasteiger partial charge on any atom is 0.262 e. The Balaban J connectivity index is 2.09. The van der Waals surface area contributed by atoms with Crippen molar-refractivity contribution in [3.05, 3.63) is 42.0 Å². The van der Waals surface area contributed by atoms with Crippen LogP contribution in [0.2, 0.25) is 0 Å². The first-order chi connectivity index (χ1) is 13.4. The number of rotatable bonds is 11. The van der Waals surface area contributed by atoms with Crippen molar-refractivity contribution < 1.29 is 17.9 Å². The number of nitrogens with zero attached hydrogens (tertiary/aromatic N) is 1. The number of sulfonamides is 1. The number of nitrogens with one attached hydrogen (secondary N) is 2.